The number of aromatic nitrogens is 3. The maximum atomic E-state index is 13.4. The van der Waals surface area contributed by atoms with Crippen LogP contribution < -0.4 is 11.1 Å². The first-order chi connectivity index (χ1) is 8.66. The topological polar surface area (TPSA) is 85.8 Å². The number of nitrogens with one attached hydrogen (secondary N) is 1. The Kier molecular flexibility index (Phi) is 3.52. The summed E-state index contributed by atoms with van der Waals surface area (Å²) in [5.74, 6) is -1.10. The van der Waals surface area contributed by atoms with Crippen LogP contribution >= 0.6 is 0 Å². The Morgan fingerprint density at radius 3 is 3.06 bits per heavy atom. The van der Waals surface area contributed by atoms with Gasteiger partial charge in [0.2, 0.25) is 0 Å². The molecule has 1 aromatic carbocycles. The van der Waals surface area contributed by atoms with Crippen LogP contribution in [0, 0.1) is 5.82 Å². The quantitative estimate of drug-likeness (QED) is 0.769. The van der Waals surface area contributed by atoms with Crippen LogP contribution in [0.4, 0.5) is 10.1 Å². The Bertz CT molecular complexity index is 540. The van der Waals surface area contributed by atoms with Crippen molar-refractivity contribution in [3.63, 3.8) is 0 Å². The molecule has 0 unspecified atom stereocenters. The molecule has 0 aliphatic rings. The lowest BCUT2D eigenvalue weighted by Crippen LogP contribution is -2.28. The van der Waals surface area contributed by atoms with E-state index in [2.05, 4.69) is 15.6 Å². The second-order valence-electron chi connectivity index (χ2n) is 3.66. The minimum atomic E-state index is -0.595. The molecule has 18 heavy (non-hydrogen) atoms. The highest BCUT2D eigenvalue weighted by molar-refractivity contribution is 5.95. The minimum absolute atomic E-state index is 0.0615. The van der Waals surface area contributed by atoms with Crippen molar-refractivity contribution in [3.05, 3.63) is 42.0 Å². The fourth-order valence-corrected chi connectivity index (χ4v) is 1.45. The molecule has 0 bridgehead atoms. The number of benzene rings is 1. The predicted molar refractivity (Wildman–Crippen MR) is 63.2 cm³/mol. The van der Waals surface area contributed by atoms with E-state index in [-0.39, 0.29) is 5.56 Å². The molecule has 2 rings (SSSR count). The van der Waals surface area contributed by atoms with Gasteiger partial charge in [0.15, 0.2) is 0 Å². The van der Waals surface area contributed by atoms with Crippen LogP contribution in [0.1, 0.15) is 10.4 Å². The smallest absolute Gasteiger partial charge is 0.254 e. The molecule has 0 fully saturated rings. The van der Waals surface area contributed by atoms with Gasteiger partial charge in [-0.15, -0.1) is 5.10 Å². The number of hydrogen-bond donors (Lipinski definition) is 2. The van der Waals surface area contributed by atoms with Gasteiger partial charge in [0, 0.05) is 18.4 Å². The molecule has 2 aromatic rings. The summed E-state index contributed by atoms with van der Waals surface area (Å²) in [6.45, 7) is 0.798. The van der Waals surface area contributed by atoms with E-state index >= 15 is 0 Å². The molecule has 0 aliphatic heterocycles. The highest BCUT2D eigenvalue weighted by atomic mass is 19.1. The third-order valence-electron chi connectivity index (χ3n) is 2.33. The van der Waals surface area contributed by atoms with Crippen LogP contribution in [0.15, 0.2) is 30.6 Å². The van der Waals surface area contributed by atoms with Gasteiger partial charge in [-0.3, -0.25) is 9.48 Å². The van der Waals surface area contributed by atoms with E-state index in [4.69, 9.17) is 5.73 Å². The van der Waals surface area contributed by atoms with Crippen molar-refractivity contribution in [1.82, 2.24) is 20.3 Å². The second kappa shape index (κ2) is 5.26. The zero-order chi connectivity index (χ0) is 13.0. The summed E-state index contributed by atoms with van der Waals surface area (Å²) in [5, 5.41) is 9.95. The molecule has 0 saturated heterocycles. The fourth-order valence-electron chi connectivity index (χ4n) is 1.45. The van der Waals surface area contributed by atoms with E-state index in [0.717, 1.165) is 0 Å². The first-order valence-corrected chi connectivity index (χ1v) is 5.34. The van der Waals surface area contributed by atoms with Gasteiger partial charge in [-0.1, -0.05) is 5.21 Å². The number of nitrogen functional groups attached to an aromatic ring is 1. The van der Waals surface area contributed by atoms with Crippen LogP contribution in [0.3, 0.4) is 0 Å². The molecular weight excluding hydrogens is 237 g/mol. The molecule has 94 valence electrons. The van der Waals surface area contributed by atoms with Crippen molar-refractivity contribution in [3.8, 4) is 0 Å². The summed E-state index contributed by atoms with van der Waals surface area (Å²) < 4.78 is 14.9. The largest absolute Gasteiger partial charge is 0.399 e. The van der Waals surface area contributed by atoms with Crippen molar-refractivity contribution in [2.75, 3.05) is 12.3 Å². The molecule has 0 saturated carbocycles. The van der Waals surface area contributed by atoms with Crippen molar-refractivity contribution in [2.45, 2.75) is 6.54 Å². The average molecular weight is 249 g/mol. The normalized spacial score (nSPS) is 10.3. The summed E-state index contributed by atoms with van der Waals surface area (Å²) in [7, 11) is 0. The highest BCUT2D eigenvalue weighted by Crippen LogP contribution is 2.11. The number of carbonyl (C=O) groups is 1. The third-order valence-corrected chi connectivity index (χ3v) is 2.33. The number of halogens is 1. The zero-order valence-corrected chi connectivity index (χ0v) is 9.51. The van der Waals surface area contributed by atoms with Crippen LogP contribution in [0.25, 0.3) is 0 Å². The monoisotopic (exact) mass is 249 g/mol. The lowest BCUT2D eigenvalue weighted by molar-refractivity contribution is 0.0948. The van der Waals surface area contributed by atoms with Crippen LogP contribution in [-0.4, -0.2) is 27.4 Å². The van der Waals surface area contributed by atoms with Gasteiger partial charge in [0.05, 0.1) is 18.3 Å². The average Bonchev–Trinajstić information content (AvgIpc) is 2.85. The summed E-state index contributed by atoms with van der Waals surface area (Å²) in [4.78, 5) is 11.7. The first kappa shape index (κ1) is 12.0. The lowest BCUT2D eigenvalue weighted by Gasteiger charge is -2.06. The molecule has 1 amide bonds. The van der Waals surface area contributed by atoms with Gasteiger partial charge in [0.25, 0.3) is 5.91 Å². The SMILES string of the molecule is Nc1ccc(F)c(C(=O)NCCn2ccnn2)c1. The van der Waals surface area contributed by atoms with Crippen molar-refractivity contribution >= 4 is 11.6 Å². The number of anilines is 1. The number of hydrogen-bond acceptors (Lipinski definition) is 4. The van der Waals surface area contributed by atoms with Gasteiger partial charge >= 0.3 is 0 Å². The second-order valence-corrected chi connectivity index (χ2v) is 3.66. The van der Waals surface area contributed by atoms with E-state index in [9.17, 15) is 9.18 Å². The van der Waals surface area contributed by atoms with Gasteiger partial charge in [-0.2, -0.15) is 0 Å². The number of amides is 1. The summed E-state index contributed by atoms with van der Waals surface area (Å²) >= 11 is 0. The molecule has 0 atom stereocenters. The molecule has 3 N–H and O–H groups in total. The summed E-state index contributed by atoms with van der Waals surface area (Å²) in [6, 6.07) is 3.88. The van der Waals surface area contributed by atoms with Gasteiger partial charge < -0.3 is 11.1 Å². The van der Waals surface area contributed by atoms with Crippen LogP contribution in [0.2, 0.25) is 0 Å². The van der Waals surface area contributed by atoms with Crippen LogP contribution in [0.5, 0.6) is 0 Å². The highest BCUT2D eigenvalue weighted by Gasteiger charge is 2.11. The maximum absolute atomic E-state index is 13.4. The molecule has 6 nitrogen and oxygen atoms in total. The Hall–Kier alpha value is -2.44. The Morgan fingerprint density at radius 2 is 2.33 bits per heavy atom. The minimum Gasteiger partial charge on any atom is -0.399 e. The zero-order valence-electron chi connectivity index (χ0n) is 9.51. The van der Waals surface area contributed by atoms with E-state index in [1.54, 1.807) is 17.1 Å². The van der Waals surface area contributed by atoms with Gasteiger partial charge in [-0.25, -0.2) is 4.39 Å². The molecule has 1 heterocycles. The van der Waals surface area contributed by atoms with Gasteiger partial charge in [-0.05, 0) is 18.2 Å². The van der Waals surface area contributed by atoms with Crippen molar-refractivity contribution < 1.29 is 9.18 Å². The van der Waals surface area contributed by atoms with E-state index < -0.39 is 11.7 Å². The number of nitrogens with zero attached hydrogens (tertiary/aromatic N) is 3. The van der Waals surface area contributed by atoms with E-state index in [1.807, 2.05) is 0 Å². The fraction of sp³-hybridized carbons (Fsp3) is 0.182. The maximum Gasteiger partial charge on any atom is 0.254 e. The predicted octanol–water partition coefficient (Wildman–Crippen LogP) is 0.429. The van der Waals surface area contributed by atoms with Crippen LogP contribution in [-0.2, 0) is 6.54 Å². The lowest BCUT2D eigenvalue weighted by atomic mass is 10.2. The molecule has 0 radical (unpaired) electrons. The Balaban J connectivity index is 1.93. The number of carbonyl (C=O) groups excluding carboxylic acids is 1. The van der Waals surface area contributed by atoms with Crippen molar-refractivity contribution in [2.24, 2.45) is 0 Å². The Morgan fingerprint density at radius 1 is 1.50 bits per heavy atom. The van der Waals surface area contributed by atoms with Crippen molar-refractivity contribution in [1.29, 1.82) is 0 Å². The number of rotatable bonds is 4. The van der Waals surface area contributed by atoms with Gasteiger partial charge in [0.1, 0.15) is 5.82 Å². The first-order valence-electron chi connectivity index (χ1n) is 5.34. The Labute approximate surface area is 103 Å². The molecule has 7 heteroatoms. The summed E-state index contributed by atoms with van der Waals surface area (Å²) in [6.07, 6.45) is 3.21. The molecular formula is C11H12FN5O. The van der Waals surface area contributed by atoms with E-state index in [1.165, 1.54) is 18.2 Å². The number of nitrogens with two attached hydrogens (primary N) is 1. The summed E-state index contributed by atoms with van der Waals surface area (Å²) in [5.41, 5.74) is 5.79. The molecule has 0 spiro atoms. The standard InChI is InChI=1S/C11H12FN5O/c12-10-2-1-8(13)7-9(10)11(18)14-3-5-17-6-4-15-16-17/h1-2,4,6-7H,3,5,13H2,(H,14,18). The van der Waals surface area contributed by atoms with E-state index in [0.29, 0.717) is 18.8 Å². The molecule has 1 aromatic heterocycles. The molecule has 0 aliphatic carbocycles. The third kappa shape index (κ3) is 2.82.